The van der Waals surface area contributed by atoms with E-state index in [9.17, 15) is 9.90 Å². The van der Waals surface area contributed by atoms with Crippen molar-refractivity contribution in [3.63, 3.8) is 0 Å². The summed E-state index contributed by atoms with van der Waals surface area (Å²) >= 11 is 0. The summed E-state index contributed by atoms with van der Waals surface area (Å²) in [5.74, 6) is 1.43. The highest BCUT2D eigenvalue weighted by molar-refractivity contribution is 5.76. The molecule has 2 aliphatic carbocycles. The van der Waals surface area contributed by atoms with E-state index < -0.39 is 16.6 Å². The van der Waals surface area contributed by atoms with Gasteiger partial charge in [-0.1, -0.05) is 27.7 Å². The minimum Gasteiger partial charge on any atom is -0.459 e. The van der Waals surface area contributed by atoms with Crippen LogP contribution in [0.5, 0.6) is 0 Å². The van der Waals surface area contributed by atoms with Crippen molar-refractivity contribution in [1.82, 2.24) is 0 Å². The molecular weight excluding hydrogens is 288 g/mol. The van der Waals surface area contributed by atoms with Gasteiger partial charge < -0.3 is 9.84 Å². The fourth-order valence-electron chi connectivity index (χ4n) is 5.32. The van der Waals surface area contributed by atoms with Crippen LogP contribution in [0, 0.1) is 23.2 Å². The molecule has 0 radical (unpaired) electrons. The molecule has 2 bridgehead atoms. The van der Waals surface area contributed by atoms with Gasteiger partial charge in [0.05, 0.1) is 11.0 Å². The molecule has 0 saturated heterocycles. The molecule has 2 saturated carbocycles. The predicted octanol–water partition coefficient (Wildman–Crippen LogP) is 4.71. The first-order valence-corrected chi connectivity index (χ1v) is 9.45. The topological polar surface area (TPSA) is 46.5 Å². The van der Waals surface area contributed by atoms with Crippen LogP contribution in [0.25, 0.3) is 0 Å². The largest absolute Gasteiger partial charge is 0.459 e. The van der Waals surface area contributed by atoms with E-state index in [1.807, 2.05) is 20.8 Å². The predicted molar refractivity (Wildman–Crippen MR) is 93.0 cm³/mol. The van der Waals surface area contributed by atoms with Crippen molar-refractivity contribution < 1.29 is 14.6 Å². The number of carbonyl (C=O) groups is 1. The summed E-state index contributed by atoms with van der Waals surface area (Å²) in [5, 5.41) is 10.9. The second kappa shape index (κ2) is 6.38. The third-order valence-corrected chi connectivity index (χ3v) is 5.88. The Morgan fingerprint density at radius 2 is 1.96 bits per heavy atom. The maximum Gasteiger partial charge on any atom is 0.312 e. The van der Waals surface area contributed by atoms with Gasteiger partial charge in [0.15, 0.2) is 0 Å². The molecule has 2 aliphatic rings. The lowest BCUT2D eigenvalue weighted by Gasteiger charge is -2.53. The first kappa shape index (κ1) is 18.8. The average molecular weight is 325 g/mol. The quantitative estimate of drug-likeness (QED) is 0.745. The van der Waals surface area contributed by atoms with Crippen LogP contribution in [-0.4, -0.2) is 22.3 Å². The van der Waals surface area contributed by atoms with E-state index in [1.165, 1.54) is 0 Å². The Kier molecular flexibility index (Phi) is 5.21. The summed E-state index contributed by atoms with van der Waals surface area (Å²) in [4.78, 5) is 12.9. The standard InChI is InChI=1S/C20H36O3/c1-7-19(22)11-16-8-15(4)10-20(12-16,13-19)23-17(21)18(5,6)9-14(2)3/h14-16,22H,7-13H2,1-6H3. The fraction of sp³-hybridized carbons (Fsp3) is 0.950. The smallest absolute Gasteiger partial charge is 0.312 e. The zero-order chi connectivity index (χ0) is 17.5. The van der Waals surface area contributed by atoms with Gasteiger partial charge in [-0.3, -0.25) is 4.79 Å². The first-order valence-electron chi connectivity index (χ1n) is 9.45. The Bertz CT molecular complexity index is 438. The van der Waals surface area contributed by atoms with Crippen molar-refractivity contribution in [2.45, 2.75) is 97.7 Å². The van der Waals surface area contributed by atoms with E-state index in [2.05, 4.69) is 20.8 Å². The molecule has 2 rings (SSSR count). The lowest BCUT2D eigenvalue weighted by molar-refractivity contribution is -0.201. The van der Waals surface area contributed by atoms with Gasteiger partial charge in [-0.2, -0.15) is 0 Å². The van der Waals surface area contributed by atoms with Crippen LogP contribution >= 0.6 is 0 Å². The summed E-state index contributed by atoms with van der Waals surface area (Å²) in [7, 11) is 0. The Morgan fingerprint density at radius 1 is 1.30 bits per heavy atom. The molecule has 23 heavy (non-hydrogen) atoms. The summed E-state index contributed by atoms with van der Waals surface area (Å²) in [6.45, 7) is 12.6. The lowest BCUT2D eigenvalue weighted by Crippen LogP contribution is -2.55. The molecule has 0 spiro atoms. The molecule has 3 heteroatoms. The molecule has 0 aromatic carbocycles. The highest BCUT2D eigenvalue weighted by Gasteiger charge is 2.53. The third kappa shape index (κ3) is 4.29. The minimum absolute atomic E-state index is 0.0839. The fourth-order valence-corrected chi connectivity index (χ4v) is 5.32. The Labute approximate surface area is 142 Å². The Hall–Kier alpha value is -0.570. The molecule has 3 nitrogen and oxygen atoms in total. The van der Waals surface area contributed by atoms with Crippen molar-refractivity contribution in [3.8, 4) is 0 Å². The highest BCUT2D eigenvalue weighted by atomic mass is 16.6. The Morgan fingerprint density at radius 3 is 2.52 bits per heavy atom. The SMILES string of the molecule is CCC1(O)CC2CC(C)CC(OC(=O)C(C)(C)CC(C)C)(C2)C1. The summed E-state index contributed by atoms with van der Waals surface area (Å²) in [5.41, 5.74) is -1.57. The van der Waals surface area contributed by atoms with E-state index >= 15 is 0 Å². The number of carbonyl (C=O) groups excluding carboxylic acids is 1. The number of rotatable bonds is 5. The van der Waals surface area contributed by atoms with E-state index in [0.29, 0.717) is 24.2 Å². The molecule has 4 atom stereocenters. The minimum atomic E-state index is -0.661. The molecule has 4 unspecified atom stereocenters. The lowest BCUT2D eigenvalue weighted by atomic mass is 9.60. The van der Waals surface area contributed by atoms with Gasteiger partial charge in [0.25, 0.3) is 0 Å². The van der Waals surface area contributed by atoms with E-state index in [-0.39, 0.29) is 5.97 Å². The van der Waals surface area contributed by atoms with E-state index in [4.69, 9.17) is 4.74 Å². The van der Waals surface area contributed by atoms with Crippen LogP contribution in [0.3, 0.4) is 0 Å². The summed E-state index contributed by atoms with van der Waals surface area (Å²) in [6.07, 6.45) is 6.03. The molecule has 0 aliphatic heterocycles. The van der Waals surface area contributed by atoms with Crippen LogP contribution in [0.1, 0.15) is 86.5 Å². The number of ether oxygens (including phenoxy) is 1. The Balaban J connectivity index is 2.18. The molecule has 0 heterocycles. The van der Waals surface area contributed by atoms with Gasteiger partial charge >= 0.3 is 5.97 Å². The van der Waals surface area contributed by atoms with Crippen molar-refractivity contribution in [2.24, 2.45) is 23.2 Å². The number of aliphatic hydroxyl groups is 1. The van der Waals surface area contributed by atoms with Gasteiger partial charge in [-0.15, -0.1) is 0 Å². The third-order valence-electron chi connectivity index (χ3n) is 5.88. The van der Waals surface area contributed by atoms with Crippen LogP contribution < -0.4 is 0 Å². The number of esters is 1. The van der Waals surface area contributed by atoms with Crippen molar-refractivity contribution >= 4 is 5.97 Å². The van der Waals surface area contributed by atoms with Crippen LogP contribution in [0.15, 0.2) is 0 Å². The summed E-state index contributed by atoms with van der Waals surface area (Å²) < 4.78 is 6.18. The van der Waals surface area contributed by atoms with E-state index in [0.717, 1.165) is 38.5 Å². The van der Waals surface area contributed by atoms with Gasteiger partial charge in [0, 0.05) is 6.42 Å². The number of hydrogen-bond donors (Lipinski definition) is 1. The van der Waals surface area contributed by atoms with Gasteiger partial charge in [-0.05, 0) is 70.1 Å². The highest BCUT2D eigenvalue weighted by Crippen LogP contribution is 2.52. The zero-order valence-corrected chi connectivity index (χ0v) is 15.9. The molecule has 134 valence electrons. The second-order valence-corrected chi connectivity index (χ2v) is 9.63. The zero-order valence-electron chi connectivity index (χ0n) is 15.9. The molecular formula is C20H36O3. The van der Waals surface area contributed by atoms with Gasteiger partial charge in [0.2, 0.25) is 0 Å². The molecule has 0 aromatic rings. The van der Waals surface area contributed by atoms with E-state index in [1.54, 1.807) is 0 Å². The molecule has 0 amide bonds. The first-order chi connectivity index (χ1) is 10.5. The van der Waals surface area contributed by atoms with Crippen molar-refractivity contribution in [2.75, 3.05) is 0 Å². The molecule has 2 fully saturated rings. The normalized spacial score (nSPS) is 37.7. The van der Waals surface area contributed by atoms with Crippen molar-refractivity contribution in [1.29, 1.82) is 0 Å². The monoisotopic (exact) mass is 324 g/mol. The molecule has 0 aromatic heterocycles. The maximum atomic E-state index is 12.9. The van der Waals surface area contributed by atoms with Gasteiger partial charge in [0.1, 0.15) is 5.60 Å². The van der Waals surface area contributed by atoms with Crippen LogP contribution in [-0.2, 0) is 9.53 Å². The van der Waals surface area contributed by atoms with Crippen LogP contribution in [0.2, 0.25) is 0 Å². The van der Waals surface area contributed by atoms with Gasteiger partial charge in [-0.25, -0.2) is 0 Å². The number of hydrogen-bond acceptors (Lipinski definition) is 3. The van der Waals surface area contributed by atoms with Crippen molar-refractivity contribution in [3.05, 3.63) is 0 Å². The maximum absolute atomic E-state index is 12.9. The summed E-state index contributed by atoms with van der Waals surface area (Å²) in [6, 6.07) is 0. The average Bonchev–Trinajstić information content (AvgIpc) is 2.34. The number of fused-ring (bicyclic) bond motifs is 2. The van der Waals surface area contributed by atoms with Crippen LogP contribution in [0.4, 0.5) is 0 Å². The molecule has 1 N–H and O–H groups in total. The second-order valence-electron chi connectivity index (χ2n) is 9.63.